The van der Waals surface area contributed by atoms with E-state index >= 15 is 0 Å². The van der Waals surface area contributed by atoms with Gasteiger partial charge in [0, 0.05) is 12.0 Å². The summed E-state index contributed by atoms with van der Waals surface area (Å²) in [6.07, 6.45) is -4.63. The van der Waals surface area contributed by atoms with Crippen LogP contribution in [0, 0.1) is 0 Å². The number of alkyl halides is 3. The smallest absolute Gasteiger partial charge is 0.449 e. The van der Waals surface area contributed by atoms with Gasteiger partial charge in [-0.15, -0.1) is 0 Å². The molecule has 7 heteroatoms. The molecule has 0 aliphatic heterocycles. The Morgan fingerprint density at radius 3 is 1.91 bits per heavy atom. The molecule has 1 amide bonds. The predicted octanol–water partition coefficient (Wildman–Crippen LogP) is 9.98. The molecule has 0 aliphatic carbocycles. The number of furan rings is 1. The molecule has 0 aliphatic rings. The molecule has 1 aromatic heterocycles. The number of ketones is 1. The van der Waals surface area contributed by atoms with Crippen molar-refractivity contribution in [2.75, 3.05) is 0 Å². The summed E-state index contributed by atoms with van der Waals surface area (Å²) in [5.41, 5.74) is 3.45. The number of fused-ring (bicyclic) bond motifs is 2. The summed E-state index contributed by atoms with van der Waals surface area (Å²) in [5, 5.41) is 3.30. The van der Waals surface area contributed by atoms with Gasteiger partial charge in [0.2, 0.25) is 5.76 Å². The Labute approximate surface area is 265 Å². The summed E-state index contributed by atoms with van der Waals surface area (Å²) in [4.78, 5) is 28.3. The monoisotopic (exact) mass is 619 g/mol. The molecule has 5 aromatic carbocycles. The average molecular weight is 620 g/mol. The maximum atomic E-state index is 14.5. The van der Waals surface area contributed by atoms with Gasteiger partial charge in [0.15, 0.2) is 0 Å². The largest absolute Gasteiger partial charge is 0.455 e. The van der Waals surface area contributed by atoms with Gasteiger partial charge in [-0.3, -0.25) is 9.59 Å². The zero-order valence-electron chi connectivity index (χ0n) is 25.7. The van der Waals surface area contributed by atoms with Crippen LogP contribution in [0.1, 0.15) is 53.8 Å². The van der Waals surface area contributed by atoms with Gasteiger partial charge in [-0.05, 0) is 82.8 Å². The molecular weight excluding hydrogens is 587 g/mol. The van der Waals surface area contributed by atoms with E-state index in [0.29, 0.717) is 5.56 Å². The summed E-state index contributed by atoms with van der Waals surface area (Å²) in [7, 11) is 0. The Bertz CT molecular complexity index is 2020. The van der Waals surface area contributed by atoms with Gasteiger partial charge < -0.3 is 9.32 Å². The molecule has 6 aromatic rings. The number of benzene rings is 5. The normalized spacial score (nSPS) is 12.0. The highest BCUT2D eigenvalue weighted by molar-refractivity contribution is 6.18. The third-order valence-corrected chi connectivity index (χ3v) is 8.69. The summed E-state index contributed by atoms with van der Waals surface area (Å²) in [6, 6.07) is 34.9. The lowest BCUT2D eigenvalue weighted by Crippen LogP contribution is -2.30. The molecule has 0 bridgehead atoms. The average Bonchev–Trinajstić information content (AvgIpc) is 3.53. The number of nitrogens with zero attached hydrogens (tertiary/aromatic N) is 1. The van der Waals surface area contributed by atoms with Crippen molar-refractivity contribution < 1.29 is 27.2 Å². The SMILES string of the molecule is CC(=O)C(C)(C)c1cccc(-c2ccc(CN(Cc3ccc(C(F)(F)F)o3)C(=O)c3c4ccccc4cc4ccccc34)cc2)c1. The van der Waals surface area contributed by atoms with E-state index in [-0.39, 0.29) is 30.5 Å². The Balaban J connectivity index is 1.38. The van der Waals surface area contributed by atoms with Crippen molar-refractivity contribution in [1.82, 2.24) is 4.90 Å². The second-order valence-corrected chi connectivity index (χ2v) is 12.1. The number of Topliss-reactive ketones (excluding diaryl/α,β-unsaturated/α-hetero) is 1. The highest BCUT2D eigenvalue weighted by atomic mass is 19.4. The third kappa shape index (κ3) is 6.05. The van der Waals surface area contributed by atoms with Crippen LogP contribution in [-0.2, 0) is 29.5 Å². The van der Waals surface area contributed by atoms with Crippen LogP contribution in [0.5, 0.6) is 0 Å². The Hall–Kier alpha value is -5.17. The minimum atomic E-state index is -4.63. The second-order valence-electron chi connectivity index (χ2n) is 12.1. The van der Waals surface area contributed by atoms with Crippen LogP contribution in [0.4, 0.5) is 13.2 Å². The first kappa shape index (κ1) is 30.8. The van der Waals surface area contributed by atoms with E-state index in [2.05, 4.69) is 0 Å². The van der Waals surface area contributed by atoms with E-state index in [1.165, 1.54) is 11.0 Å². The molecule has 1 heterocycles. The van der Waals surface area contributed by atoms with Crippen molar-refractivity contribution in [3.8, 4) is 11.1 Å². The van der Waals surface area contributed by atoms with Crippen LogP contribution in [0.15, 0.2) is 120 Å². The predicted molar refractivity (Wildman–Crippen MR) is 174 cm³/mol. The topological polar surface area (TPSA) is 50.5 Å². The van der Waals surface area contributed by atoms with Crippen LogP contribution in [0.2, 0.25) is 0 Å². The molecule has 0 saturated heterocycles. The van der Waals surface area contributed by atoms with E-state index in [1.807, 2.05) is 117 Å². The summed E-state index contributed by atoms with van der Waals surface area (Å²) < 4.78 is 45.3. The van der Waals surface area contributed by atoms with Gasteiger partial charge in [0.25, 0.3) is 5.91 Å². The highest BCUT2D eigenvalue weighted by Gasteiger charge is 2.35. The first-order chi connectivity index (χ1) is 21.9. The fraction of sp³-hybridized carbons (Fsp3) is 0.179. The van der Waals surface area contributed by atoms with Crippen molar-refractivity contribution in [3.05, 3.63) is 143 Å². The number of carbonyl (C=O) groups excluding carboxylic acids is 2. The van der Waals surface area contributed by atoms with Crippen LogP contribution >= 0.6 is 0 Å². The number of amides is 1. The van der Waals surface area contributed by atoms with E-state index < -0.39 is 17.4 Å². The molecule has 0 fully saturated rings. The zero-order valence-corrected chi connectivity index (χ0v) is 25.7. The number of carbonyl (C=O) groups is 2. The molecule has 0 saturated carbocycles. The van der Waals surface area contributed by atoms with Crippen molar-refractivity contribution in [2.24, 2.45) is 0 Å². The number of hydrogen-bond donors (Lipinski definition) is 0. The molecule has 0 atom stereocenters. The molecule has 4 nitrogen and oxygen atoms in total. The van der Waals surface area contributed by atoms with Crippen LogP contribution in [-0.4, -0.2) is 16.6 Å². The Morgan fingerprint density at radius 2 is 1.33 bits per heavy atom. The molecule has 6 rings (SSSR count). The first-order valence-electron chi connectivity index (χ1n) is 15.0. The number of hydrogen-bond acceptors (Lipinski definition) is 3. The van der Waals surface area contributed by atoms with Crippen LogP contribution in [0.25, 0.3) is 32.7 Å². The Kier molecular flexibility index (Phi) is 8.03. The summed E-state index contributed by atoms with van der Waals surface area (Å²) in [6.45, 7) is 5.37. The molecule has 232 valence electrons. The van der Waals surface area contributed by atoms with Crippen molar-refractivity contribution in [3.63, 3.8) is 0 Å². The van der Waals surface area contributed by atoms with Gasteiger partial charge in [-0.1, -0.05) is 97.1 Å². The molecular formula is C39H32F3NO3. The van der Waals surface area contributed by atoms with Crippen LogP contribution < -0.4 is 0 Å². The lowest BCUT2D eigenvalue weighted by atomic mass is 9.80. The Morgan fingerprint density at radius 1 is 0.696 bits per heavy atom. The number of rotatable bonds is 8. The molecule has 0 spiro atoms. The van der Waals surface area contributed by atoms with Gasteiger partial charge in [-0.25, -0.2) is 0 Å². The maximum absolute atomic E-state index is 14.5. The minimum Gasteiger partial charge on any atom is -0.455 e. The van der Waals surface area contributed by atoms with Gasteiger partial charge in [0.1, 0.15) is 11.5 Å². The highest BCUT2D eigenvalue weighted by Crippen LogP contribution is 2.34. The van der Waals surface area contributed by atoms with E-state index in [4.69, 9.17) is 4.42 Å². The molecule has 0 unspecified atom stereocenters. The van der Waals surface area contributed by atoms with E-state index in [1.54, 1.807) is 6.92 Å². The summed E-state index contributed by atoms with van der Waals surface area (Å²) in [5.74, 6) is -1.32. The van der Waals surface area contributed by atoms with E-state index in [0.717, 1.165) is 49.9 Å². The van der Waals surface area contributed by atoms with E-state index in [9.17, 15) is 22.8 Å². The molecule has 0 N–H and O–H groups in total. The molecule has 46 heavy (non-hydrogen) atoms. The fourth-order valence-corrected chi connectivity index (χ4v) is 5.72. The standard InChI is InChI=1S/C39H32F3NO3/c1-25(44)38(2,3)31-12-8-11-28(22-31)27-17-15-26(16-18-27)23-43(24-32-19-20-35(46-32)39(40,41)42)37(45)36-33-13-6-4-9-29(33)21-30-10-5-7-14-34(30)36/h4-22H,23-24H2,1-3H3. The quantitative estimate of drug-likeness (QED) is 0.159. The van der Waals surface area contributed by atoms with Gasteiger partial charge in [0.05, 0.1) is 12.1 Å². The number of halogens is 3. The first-order valence-corrected chi connectivity index (χ1v) is 15.0. The zero-order chi connectivity index (χ0) is 32.6. The lowest BCUT2D eigenvalue weighted by molar-refractivity contribution is -0.153. The second kappa shape index (κ2) is 12.0. The fourth-order valence-electron chi connectivity index (χ4n) is 5.72. The lowest BCUT2D eigenvalue weighted by Gasteiger charge is -2.24. The van der Waals surface area contributed by atoms with Gasteiger partial charge in [-0.2, -0.15) is 13.2 Å². The van der Waals surface area contributed by atoms with Gasteiger partial charge >= 0.3 is 6.18 Å². The maximum Gasteiger partial charge on any atom is 0.449 e. The van der Waals surface area contributed by atoms with Crippen molar-refractivity contribution >= 4 is 33.2 Å². The third-order valence-electron chi connectivity index (χ3n) is 8.69. The van der Waals surface area contributed by atoms with Crippen molar-refractivity contribution in [2.45, 2.75) is 45.5 Å². The van der Waals surface area contributed by atoms with Crippen LogP contribution in [0.3, 0.4) is 0 Å². The van der Waals surface area contributed by atoms with Crippen molar-refractivity contribution in [1.29, 1.82) is 0 Å². The summed E-state index contributed by atoms with van der Waals surface area (Å²) >= 11 is 0. The molecule has 0 radical (unpaired) electrons. The minimum absolute atomic E-state index is 0.0340.